The second-order valence-corrected chi connectivity index (χ2v) is 4.36. The van der Waals surface area contributed by atoms with Crippen molar-refractivity contribution in [3.63, 3.8) is 0 Å². The van der Waals surface area contributed by atoms with E-state index in [0.717, 1.165) is 17.8 Å². The Morgan fingerprint density at radius 1 is 1.09 bits per heavy atom. The minimum Gasteiger partial charge on any atom is -0.389 e. The molecule has 60 valence electrons. The van der Waals surface area contributed by atoms with Crippen LogP contribution in [0.5, 0.6) is 0 Å². The Morgan fingerprint density at radius 3 is 2.73 bits per heavy atom. The molecule has 1 nitrogen and oxygen atoms in total. The molecule has 0 aromatic heterocycles. The van der Waals surface area contributed by atoms with Gasteiger partial charge >= 0.3 is 0 Å². The molecular formula is C10H14O. The second kappa shape index (κ2) is 1.89. The van der Waals surface area contributed by atoms with E-state index in [-0.39, 0.29) is 6.10 Å². The summed E-state index contributed by atoms with van der Waals surface area (Å²) in [5.74, 6) is 3.16. The fraction of sp³-hybridized carbons (Fsp3) is 0.800. The summed E-state index contributed by atoms with van der Waals surface area (Å²) in [7, 11) is 0. The number of aliphatic hydroxyl groups excluding tert-OH is 1. The third kappa shape index (κ3) is 0.652. The zero-order valence-corrected chi connectivity index (χ0v) is 6.61. The molecule has 0 unspecified atom stereocenters. The Hall–Kier alpha value is -0.300. The van der Waals surface area contributed by atoms with E-state index in [4.69, 9.17) is 0 Å². The summed E-state index contributed by atoms with van der Waals surface area (Å²) in [6.07, 6.45) is 8.37. The van der Waals surface area contributed by atoms with Crippen LogP contribution in [0.15, 0.2) is 12.2 Å². The number of aliphatic hydroxyl groups is 1. The summed E-state index contributed by atoms with van der Waals surface area (Å²) in [6.45, 7) is 0. The van der Waals surface area contributed by atoms with Gasteiger partial charge in [0.25, 0.3) is 0 Å². The average Bonchev–Trinajstić information content (AvgIpc) is 2.60. The second-order valence-electron chi connectivity index (χ2n) is 4.36. The maximum absolute atomic E-state index is 9.63. The molecule has 3 aliphatic carbocycles. The zero-order valence-electron chi connectivity index (χ0n) is 6.61. The molecule has 2 fully saturated rings. The minimum atomic E-state index is -0.102. The van der Waals surface area contributed by atoms with Gasteiger partial charge < -0.3 is 5.11 Å². The summed E-state index contributed by atoms with van der Waals surface area (Å²) < 4.78 is 0. The van der Waals surface area contributed by atoms with Gasteiger partial charge in [-0.15, -0.1) is 0 Å². The van der Waals surface area contributed by atoms with E-state index < -0.39 is 0 Å². The summed E-state index contributed by atoms with van der Waals surface area (Å²) in [4.78, 5) is 0. The van der Waals surface area contributed by atoms with Crippen molar-refractivity contribution in [3.05, 3.63) is 12.2 Å². The van der Waals surface area contributed by atoms with Crippen molar-refractivity contribution in [2.24, 2.45) is 23.7 Å². The molecule has 11 heavy (non-hydrogen) atoms. The summed E-state index contributed by atoms with van der Waals surface area (Å²) in [5.41, 5.74) is 0. The lowest BCUT2D eigenvalue weighted by Gasteiger charge is -2.26. The number of fused-ring (bicyclic) bond motifs is 5. The maximum Gasteiger partial charge on any atom is 0.0757 e. The predicted octanol–water partition coefficient (Wildman–Crippen LogP) is 1.58. The molecule has 0 radical (unpaired) electrons. The van der Waals surface area contributed by atoms with Crippen LogP contribution in [0.3, 0.4) is 0 Å². The van der Waals surface area contributed by atoms with Gasteiger partial charge in [0.1, 0.15) is 0 Å². The Morgan fingerprint density at radius 2 is 1.91 bits per heavy atom. The molecule has 5 atom stereocenters. The third-order valence-corrected chi connectivity index (χ3v) is 3.97. The first-order valence-corrected chi connectivity index (χ1v) is 4.72. The van der Waals surface area contributed by atoms with Crippen LogP contribution >= 0.6 is 0 Å². The molecule has 0 saturated heterocycles. The van der Waals surface area contributed by atoms with Crippen molar-refractivity contribution in [1.29, 1.82) is 0 Å². The van der Waals surface area contributed by atoms with E-state index >= 15 is 0 Å². The first-order chi connectivity index (χ1) is 5.36. The Bertz CT molecular complexity index is 209. The highest BCUT2D eigenvalue weighted by Gasteiger charge is 2.50. The normalized spacial score (nSPS) is 58.8. The maximum atomic E-state index is 9.63. The number of rotatable bonds is 0. The lowest BCUT2D eigenvalue weighted by molar-refractivity contribution is 0.105. The Balaban J connectivity index is 1.96. The lowest BCUT2D eigenvalue weighted by Crippen LogP contribution is -2.25. The van der Waals surface area contributed by atoms with Crippen molar-refractivity contribution >= 4 is 0 Å². The van der Waals surface area contributed by atoms with Crippen molar-refractivity contribution < 1.29 is 5.11 Å². The zero-order chi connectivity index (χ0) is 7.42. The van der Waals surface area contributed by atoms with E-state index in [1.807, 2.05) is 6.08 Å². The van der Waals surface area contributed by atoms with Gasteiger partial charge in [-0.1, -0.05) is 12.2 Å². The number of hydrogen-bond donors (Lipinski definition) is 1. The fourth-order valence-corrected chi connectivity index (χ4v) is 3.54. The SMILES string of the molecule is O[C@H]1C=C[C@H]2[C@@H]3CC[C@@H](C3)[C@H]21. The van der Waals surface area contributed by atoms with Crippen LogP contribution in [0.2, 0.25) is 0 Å². The first-order valence-electron chi connectivity index (χ1n) is 4.72. The molecule has 3 aliphatic rings. The van der Waals surface area contributed by atoms with Crippen molar-refractivity contribution in [2.45, 2.75) is 25.4 Å². The van der Waals surface area contributed by atoms with E-state index in [9.17, 15) is 5.11 Å². The number of hydrogen-bond acceptors (Lipinski definition) is 1. The van der Waals surface area contributed by atoms with Crippen LogP contribution < -0.4 is 0 Å². The Kier molecular flexibility index (Phi) is 1.07. The highest BCUT2D eigenvalue weighted by Crippen LogP contribution is 2.56. The predicted molar refractivity (Wildman–Crippen MR) is 43.0 cm³/mol. The van der Waals surface area contributed by atoms with Crippen LogP contribution in [-0.4, -0.2) is 11.2 Å². The van der Waals surface area contributed by atoms with Gasteiger partial charge in [0.15, 0.2) is 0 Å². The standard InChI is InChI=1S/C10H14O/c11-9-4-3-8-6-1-2-7(5-6)10(8)9/h3-4,6-11H,1-2,5H2/t6-,7+,8+,9+,10-/m1/s1. The number of allylic oxidation sites excluding steroid dienone is 1. The van der Waals surface area contributed by atoms with Gasteiger partial charge in [-0.2, -0.15) is 0 Å². The molecule has 1 N–H and O–H groups in total. The van der Waals surface area contributed by atoms with Gasteiger partial charge in [0.05, 0.1) is 6.10 Å². The van der Waals surface area contributed by atoms with Crippen molar-refractivity contribution in [1.82, 2.24) is 0 Å². The monoisotopic (exact) mass is 150 g/mol. The largest absolute Gasteiger partial charge is 0.389 e. The van der Waals surface area contributed by atoms with Crippen molar-refractivity contribution in [2.75, 3.05) is 0 Å². The fourth-order valence-electron chi connectivity index (χ4n) is 3.54. The topological polar surface area (TPSA) is 20.2 Å². The van der Waals surface area contributed by atoms with Crippen LogP contribution in [-0.2, 0) is 0 Å². The van der Waals surface area contributed by atoms with Crippen LogP contribution in [0.25, 0.3) is 0 Å². The van der Waals surface area contributed by atoms with E-state index in [2.05, 4.69) is 6.08 Å². The molecule has 0 heterocycles. The molecule has 0 aliphatic heterocycles. The Labute approximate surface area is 67.1 Å². The quantitative estimate of drug-likeness (QED) is 0.520. The summed E-state index contributed by atoms with van der Waals surface area (Å²) in [6, 6.07) is 0. The van der Waals surface area contributed by atoms with Gasteiger partial charge in [0.2, 0.25) is 0 Å². The van der Waals surface area contributed by atoms with E-state index in [0.29, 0.717) is 5.92 Å². The molecule has 2 bridgehead atoms. The minimum absolute atomic E-state index is 0.102. The van der Waals surface area contributed by atoms with Crippen LogP contribution in [0.4, 0.5) is 0 Å². The lowest BCUT2D eigenvalue weighted by atomic mass is 9.80. The van der Waals surface area contributed by atoms with E-state index in [1.54, 1.807) is 0 Å². The molecule has 0 amide bonds. The highest BCUT2D eigenvalue weighted by molar-refractivity contribution is 5.16. The third-order valence-electron chi connectivity index (χ3n) is 3.97. The summed E-state index contributed by atoms with van der Waals surface area (Å²) >= 11 is 0. The van der Waals surface area contributed by atoms with Crippen molar-refractivity contribution in [3.8, 4) is 0 Å². The van der Waals surface area contributed by atoms with E-state index in [1.165, 1.54) is 19.3 Å². The smallest absolute Gasteiger partial charge is 0.0757 e. The first kappa shape index (κ1) is 6.24. The molecular weight excluding hydrogens is 136 g/mol. The van der Waals surface area contributed by atoms with Gasteiger partial charge in [-0.3, -0.25) is 0 Å². The van der Waals surface area contributed by atoms with Gasteiger partial charge in [0, 0.05) is 0 Å². The molecule has 0 spiro atoms. The molecule has 0 aromatic rings. The molecule has 0 aromatic carbocycles. The average molecular weight is 150 g/mol. The van der Waals surface area contributed by atoms with Gasteiger partial charge in [-0.25, -0.2) is 0 Å². The molecule has 2 saturated carbocycles. The van der Waals surface area contributed by atoms with Crippen LogP contribution in [0.1, 0.15) is 19.3 Å². The van der Waals surface area contributed by atoms with Gasteiger partial charge in [-0.05, 0) is 42.9 Å². The highest BCUT2D eigenvalue weighted by atomic mass is 16.3. The molecule has 3 rings (SSSR count). The summed E-state index contributed by atoms with van der Waals surface area (Å²) in [5, 5.41) is 9.63. The van der Waals surface area contributed by atoms with Crippen LogP contribution in [0, 0.1) is 23.7 Å². The molecule has 1 heteroatoms.